The lowest BCUT2D eigenvalue weighted by atomic mass is 10.0. The minimum Gasteiger partial charge on any atom is -0.476 e. The molecule has 0 saturated heterocycles. The summed E-state index contributed by atoms with van der Waals surface area (Å²) in [7, 11) is 0. The number of aromatic amines is 1. The van der Waals surface area contributed by atoms with Crippen LogP contribution in [0.5, 0.6) is 11.6 Å². The second-order valence-corrected chi connectivity index (χ2v) is 4.79. The molecular formula is C16H13N3O3. The zero-order valence-electron chi connectivity index (χ0n) is 11.8. The highest BCUT2D eigenvalue weighted by Gasteiger charge is 2.16. The fraction of sp³-hybridized carbons (Fsp3) is 0.0625. The highest BCUT2D eigenvalue weighted by atomic mass is 16.5. The van der Waals surface area contributed by atoms with E-state index < -0.39 is 5.97 Å². The highest BCUT2D eigenvalue weighted by molar-refractivity contribution is 5.87. The molecule has 0 amide bonds. The zero-order chi connectivity index (χ0) is 15.5. The van der Waals surface area contributed by atoms with E-state index in [0.717, 1.165) is 11.1 Å². The first kappa shape index (κ1) is 13.8. The molecule has 6 heteroatoms. The summed E-state index contributed by atoms with van der Waals surface area (Å²) in [6, 6.07) is 15.5. The second-order valence-electron chi connectivity index (χ2n) is 4.79. The average molecular weight is 295 g/mol. The summed E-state index contributed by atoms with van der Waals surface area (Å²) >= 11 is 0. The lowest BCUT2D eigenvalue weighted by Gasteiger charge is -2.05. The smallest absolute Gasteiger partial charge is 0.359 e. The van der Waals surface area contributed by atoms with Crippen LogP contribution in [-0.2, 0) is 0 Å². The Balaban J connectivity index is 1.81. The van der Waals surface area contributed by atoms with E-state index in [0.29, 0.717) is 5.75 Å². The van der Waals surface area contributed by atoms with Gasteiger partial charge in [0, 0.05) is 0 Å². The number of aromatic nitrogens is 3. The van der Waals surface area contributed by atoms with Crippen molar-refractivity contribution < 1.29 is 14.6 Å². The normalized spacial score (nSPS) is 10.4. The number of hydrogen-bond acceptors (Lipinski definition) is 4. The number of carbonyl (C=O) groups is 1. The maximum absolute atomic E-state index is 10.9. The number of carboxylic acid groups (broad SMARTS) is 1. The van der Waals surface area contributed by atoms with Crippen LogP contribution >= 0.6 is 0 Å². The van der Waals surface area contributed by atoms with Gasteiger partial charge in [-0.15, -0.1) is 0 Å². The van der Waals surface area contributed by atoms with Gasteiger partial charge in [-0.25, -0.2) is 9.89 Å². The number of aromatic carboxylic acids is 1. The zero-order valence-corrected chi connectivity index (χ0v) is 11.8. The van der Waals surface area contributed by atoms with Crippen molar-refractivity contribution >= 4 is 5.97 Å². The standard InChI is InChI=1S/C16H13N3O3/c1-10-2-4-11(5-3-10)12-6-8-13(9-7-12)22-15-14(16(20)21)17-19-18-15/h2-9H,1H3,(H,20,21)(H,17,18,19). The van der Waals surface area contributed by atoms with Gasteiger partial charge in [0.1, 0.15) is 5.75 Å². The van der Waals surface area contributed by atoms with E-state index in [2.05, 4.69) is 15.4 Å². The molecule has 0 aliphatic heterocycles. The second kappa shape index (κ2) is 5.69. The van der Waals surface area contributed by atoms with E-state index in [4.69, 9.17) is 9.84 Å². The third-order valence-electron chi connectivity index (χ3n) is 3.18. The minimum atomic E-state index is -1.17. The summed E-state index contributed by atoms with van der Waals surface area (Å²) in [5.74, 6) is -0.737. The van der Waals surface area contributed by atoms with Gasteiger partial charge in [-0.2, -0.15) is 0 Å². The molecule has 2 aromatic carbocycles. The van der Waals surface area contributed by atoms with Gasteiger partial charge < -0.3 is 9.84 Å². The number of aryl methyl sites for hydroxylation is 1. The van der Waals surface area contributed by atoms with Crippen molar-refractivity contribution in [1.82, 2.24) is 15.4 Å². The van der Waals surface area contributed by atoms with Crippen LogP contribution in [0.4, 0.5) is 0 Å². The third kappa shape index (κ3) is 2.80. The Morgan fingerprint density at radius 1 is 1.05 bits per heavy atom. The molecule has 6 nitrogen and oxygen atoms in total. The molecule has 1 heterocycles. The van der Waals surface area contributed by atoms with E-state index >= 15 is 0 Å². The maximum atomic E-state index is 10.9. The molecule has 110 valence electrons. The van der Waals surface area contributed by atoms with E-state index in [1.54, 1.807) is 12.1 Å². The maximum Gasteiger partial charge on any atom is 0.359 e. The van der Waals surface area contributed by atoms with Crippen LogP contribution in [0.2, 0.25) is 0 Å². The van der Waals surface area contributed by atoms with Crippen molar-refractivity contribution in [2.75, 3.05) is 0 Å². The Hall–Kier alpha value is -3.15. The van der Waals surface area contributed by atoms with Crippen LogP contribution in [0.1, 0.15) is 16.1 Å². The predicted octanol–water partition coefficient (Wildman–Crippen LogP) is 3.27. The first-order valence-corrected chi connectivity index (χ1v) is 6.63. The van der Waals surface area contributed by atoms with Gasteiger partial charge in [0.25, 0.3) is 5.88 Å². The number of ether oxygens (including phenoxy) is 1. The van der Waals surface area contributed by atoms with Crippen LogP contribution in [0, 0.1) is 6.92 Å². The third-order valence-corrected chi connectivity index (χ3v) is 3.18. The van der Waals surface area contributed by atoms with Crippen molar-refractivity contribution in [2.24, 2.45) is 0 Å². The number of hydrogen-bond donors (Lipinski definition) is 2. The Bertz CT molecular complexity index is 792. The lowest BCUT2D eigenvalue weighted by molar-refractivity contribution is 0.0687. The molecule has 3 aromatic rings. The van der Waals surface area contributed by atoms with Gasteiger partial charge in [0.05, 0.1) is 0 Å². The van der Waals surface area contributed by atoms with Crippen LogP contribution in [0.15, 0.2) is 48.5 Å². The van der Waals surface area contributed by atoms with Crippen LogP contribution < -0.4 is 4.74 Å². The molecule has 22 heavy (non-hydrogen) atoms. The van der Waals surface area contributed by atoms with Gasteiger partial charge in [0.2, 0.25) is 5.69 Å². The summed E-state index contributed by atoms with van der Waals surface area (Å²) in [5.41, 5.74) is 3.18. The largest absolute Gasteiger partial charge is 0.476 e. The summed E-state index contributed by atoms with van der Waals surface area (Å²) in [4.78, 5) is 10.9. The van der Waals surface area contributed by atoms with Gasteiger partial charge in [-0.05, 0) is 30.2 Å². The summed E-state index contributed by atoms with van der Waals surface area (Å²) < 4.78 is 5.44. The summed E-state index contributed by atoms with van der Waals surface area (Å²) in [6.07, 6.45) is 0. The number of H-pyrrole nitrogens is 1. The molecule has 3 rings (SSSR count). The van der Waals surface area contributed by atoms with Crippen LogP contribution in [-0.4, -0.2) is 26.5 Å². The quantitative estimate of drug-likeness (QED) is 0.771. The Morgan fingerprint density at radius 2 is 1.64 bits per heavy atom. The molecule has 0 fully saturated rings. The first-order valence-electron chi connectivity index (χ1n) is 6.63. The molecular weight excluding hydrogens is 282 g/mol. The first-order chi connectivity index (χ1) is 10.6. The molecule has 0 aliphatic carbocycles. The number of benzene rings is 2. The lowest BCUT2D eigenvalue weighted by Crippen LogP contribution is -1.99. The molecule has 2 N–H and O–H groups in total. The van der Waals surface area contributed by atoms with E-state index in [1.807, 2.05) is 43.3 Å². The number of rotatable bonds is 4. The highest BCUT2D eigenvalue weighted by Crippen LogP contribution is 2.26. The Labute approximate surface area is 126 Å². The molecule has 0 spiro atoms. The Kier molecular flexibility index (Phi) is 3.57. The number of nitrogens with zero attached hydrogens (tertiary/aromatic N) is 2. The predicted molar refractivity (Wildman–Crippen MR) is 80.0 cm³/mol. The van der Waals surface area contributed by atoms with E-state index in [9.17, 15) is 4.79 Å². The van der Waals surface area contributed by atoms with Crippen molar-refractivity contribution in [3.63, 3.8) is 0 Å². The van der Waals surface area contributed by atoms with Gasteiger partial charge in [-0.3, -0.25) is 0 Å². The summed E-state index contributed by atoms with van der Waals surface area (Å²) in [6.45, 7) is 2.04. The van der Waals surface area contributed by atoms with Crippen molar-refractivity contribution in [1.29, 1.82) is 0 Å². The van der Waals surface area contributed by atoms with Crippen molar-refractivity contribution in [3.8, 4) is 22.8 Å². The molecule has 1 aromatic heterocycles. The molecule has 0 saturated carbocycles. The van der Waals surface area contributed by atoms with E-state index in [1.165, 1.54) is 5.56 Å². The van der Waals surface area contributed by atoms with Crippen LogP contribution in [0.3, 0.4) is 0 Å². The van der Waals surface area contributed by atoms with E-state index in [-0.39, 0.29) is 11.6 Å². The van der Waals surface area contributed by atoms with Gasteiger partial charge in [-0.1, -0.05) is 52.3 Å². The molecule has 0 atom stereocenters. The Morgan fingerprint density at radius 3 is 2.23 bits per heavy atom. The SMILES string of the molecule is Cc1ccc(-c2ccc(Oc3nn[nH]c3C(=O)O)cc2)cc1. The fourth-order valence-corrected chi connectivity index (χ4v) is 2.00. The molecule has 0 unspecified atom stereocenters. The average Bonchev–Trinajstić information content (AvgIpc) is 2.97. The topological polar surface area (TPSA) is 88.1 Å². The van der Waals surface area contributed by atoms with Gasteiger partial charge >= 0.3 is 5.97 Å². The minimum absolute atomic E-state index is 0.0596. The number of nitrogens with one attached hydrogen (secondary N) is 1. The molecule has 0 radical (unpaired) electrons. The molecule has 0 aliphatic rings. The fourth-order valence-electron chi connectivity index (χ4n) is 2.00. The van der Waals surface area contributed by atoms with Crippen molar-refractivity contribution in [3.05, 3.63) is 59.8 Å². The van der Waals surface area contributed by atoms with Crippen LogP contribution in [0.25, 0.3) is 11.1 Å². The van der Waals surface area contributed by atoms with Crippen molar-refractivity contribution in [2.45, 2.75) is 6.92 Å². The molecule has 0 bridgehead atoms. The number of carboxylic acids is 1. The summed E-state index contributed by atoms with van der Waals surface area (Å²) in [5, 5.41) is 18.3. The van der Waals surface area contributed by atoms with Gasteiger partial charge in [0.15, 0.2) is 0 Å². The monoisotopic (exact) mass is 295 g/mol.